The number of aliphatic hydroxyl groups is 1. The van der Waals surface area contributed by atoms with E-state index in [0.29, 0.717) is 45.3 Å². The van der Waals surface area contributed by atoms with Crippen LogP contribution in [0.2, 0.25) is 0 Å². The number of hydrogen-bond acceptors (Lipinski definition) is 4. The lowest BCUT2D eigenvalue weighted by Crippen LogP contribution is -2.43. The van der Waals surface area contributed by atoms with E-state index in [-0.39, 0.29) is 23.5 Å². The molecule has 0 aliphatic heterocycles. The number of rotatable bonds is 13. The van der Waals surface area contributed by atoms with Crippen molar-refractivity contribution in [1.29, 1.82) is 0 Å². The van der Waals surface area contributed by atoms with Crippen molar-refractivity contribution in [1.82, 2.24) is 14.5 Å². The largest absolute Gasteiger partial charge is 0.393 e. The van der Waals surface area contributed by atoms with Gasteiger partial charge in [0.25, 0.3) is 0 Å². The molecule has 0 aliphatic rings. The molecule has 3 aromatic rings. The Bertz CT molecular complexity index is 1150. The molecule has 1 aromatic heterocycles. The molecule has 0 fully saturated rings. The molecule has 3 rings (SSSR count). The molecule has 2 atom stereocenters. The van der Waals surface area contributed by atoms with Crippen LogP contribution < -0.4 is 5.73 Å². The van der Waals surface area contributed by atoms with Gasteiger partial charge in [-0.3, -0.25) is 4.79 Å². The second-order valence-corrected chi connectivity index (χ2v) is 10.9. The molecule has 1 heterocycles. The molecule has 0 saturated carbocycles. The fourth-order valence-corrected chi connectivity index (χ4v) is 4.70. The first-order valence-corrected chi connectivity index (χ1v) is 13.8. The first-order valence-electron chi connectivity index (χ1n) is 13.8. The fraction of sp³-hybridized carbons (Fsp3) is 0.438. The molecule has 38 heavy (non-hydrogen) atoms. The smallest absolute Gasteiger partial charge is 0.246 e. The third-order valence-electron chi connectivity index (χ3n) is 6.73. The average molecular weight is 517 g/mol. The van der Waals surface area contributed by atoms with Crippen molar-refractivity contribution in [3.8, 4) is 11.3 Å². The Morgan fingerprint density at radius 3 is 2.37 bits per heavy atom. The molecule has 0 saturated heterocycles. The highest BCUT2D eigenvalue weighted by Gasteiger charge is 2.37. The summed E-state index contributed by atoms with van der Waals surface area (Å²) < 4.78 is 2.19. The van der Waals surface area contributed by atoms with E-state index in [1.54, 1.807) is 6.08 Å². The highest BCUT2D eigenvalue weighted by Crippen LogP contribution is 2.39. The number of benzene rings is 2. The van der Waals surface area contributed by atoms with Crippen LogP contribution in [0.25, 0.3) is 11.3 Å². The number of hydrogen-bond donors (Lipinski definition) is 2. The summed E-state index contributed by atoms with van der Waals surface area (Å²) in [4.78, 5) is 20.8. The van der Waals surface area contributed by atoms with E-state index in [0.717, 1.165) is 17.1 Å². The van der Waals surface area contributed by atoms with Crippen LogP contribution >= 0.6 is 0 Å². The molecule has 0 unspecified atom stereocenters. The predicted octanol–water partition coefficient (Wildman–Crippen LogP) is 5.97. The zero-order valence-corrected chi connectivity index (χ0v) is 23.4. The highest BCUT2D eigenvalue weighted by molar-refractivity contribution is 5.88. The minimum Gasteiger partial charge on any atom is -0.393 e. The maximum absolute atomic E-state index is 13.7. The first-order chi connectivity index (χ1) is 18.2. The Labute approximate surface area is 228 Å². The van der Waals surface area contributed by atoms with E-state index in [1.165, 1.54) is 5.56 Å². The second-order valence-electron chi connectivity index (χ2n) is 10.9. The third kappa shape index (κ3) is 8.14. The number of amides is 1. The van der Waals surface area contributed by atoms with Gasteiger partial charge in [0.1, 0.15) is 5.82 Å². The minimum atomic E-state index is -0.340. The third-order valence-corrected chi connectivity index (χ3v) is 6.73. The summed E-state index contributed by atoms with van der Waals surface area (Å²) in [5, 5.41) is 9.89. The zero-order valence-electron chi connectivity index (χ0n) is 23.4. The molecule has 0 bridgehead atoms. The summed E-state index contributed by atoms with van der Waals surface area (Å²) in [7, 11) is 0. The average Bonchev–Trinajstić information content (AvgIpc) is 3.31. The van der Waals surface area contributed by atoms with Gasteiger partial charge < -0.3 is 20.3 Å². The maximum Gasteiger partial charge on any atom is 0.246 e. The Morgan fingerprint density at radius 2 is 1.76 bits per heavy atom. The van der Waals surface area contributed by atoms with E-state index in [2.05, 4.69) is 55.8 Å². The van der Waals surface area contributed by atoms with Crippen LogP contribution in [0.3, 0.4) is 0 Å². The van der Waals surface area contributed by atoms with Gasteiger partial charge in [-0.05, 0) is 49.3 Å². The molecule has 0 spiro atoms. The van der Waals surface area contributed by atoms with Crippen LogP contribution in [0.4, 0.5) is 0 Å². The number of nitrogens with two attached hydrogens (primary N) is 1. The molecule has 0 aliphatic carbocycles. The zero-order chi connectivity index (χ0) is 27.5. The van der Waals surface area contributed by atoms with Crippen molar-refractivity contribution < 1.29 is 9.90 Å². The number of aliphatic hydroxyl groups excluding tert-OH is 1. The van der Waals surface area contributed by atoms with Gasteiger partial charge in [0.15, 0.2) is 0 Å². The van der Waals surface area contributed by atoms with E-state index in [9.17, 15) is 9.90 Å². The molecule has 6 nitrogen and oxygen atoms in total. The van der Waals surface area contributed by atoms with Crippen molar-refractivity contribution in [2.24, 2.45) is 11.1 Å². The van der Waals surface area contributed by atoms with Crippen molar-refractivity contribution in [3.05, 3.63) is 90.4 Å². The minimum absolute atomic E-state index is 0.0557. The fourth-order valence-electron chi connectivity index (χ4n) is 4.70. The lowest BCUT2D eigenvalue weighted by molar-refractivity contribution is -0.131. The molecule has 2 aromatic carbocycles. The lowest BCUT2D eigenvalue weighted by Gasteiger charge is -2.39. The first kappa shape index (κ1) is 29.3. The quantitative estimate of drug-likeness (QED) is 0.274. The number of allylic oxidation sites excluding steroid dienone is 1. The highest BCUT2D eigenvalue weighted by atomic mass is 16.3. The van der Waals surface area contributed by atoms with Crippen molar-refractivity contribution >= 4 is 5.91 Å². The number of aromatic nitrogens is 2. The van der Waals surface area contributed by atoms with E-state index in [4.69, 9.17) is 10.7 Å². The number of nitrogens with zero attached hydrogens (tertiary/aromatic N) is 3. The Hall–Kier alpha value is -3.22. The van der Waals surface area contributed by atoms with Gasteiger partial charge in [-0.15, -0.1) is 0 Å². The van der Waals surface area contributed by atoms with Gasteiger partial charge in [0.2, 0.25) is 5.91 Å². The van der Waals surface area contributed by atoms with Crippen LogP contribution in [0.15, 0.2) is 79.0 Å². The SMILES string of the molecule is CC[C@H](O)CC/C=C\C(=O)N(CCCN)[C@@H](c1nc(-c2ccccc2)cn1Cc1ccccc1)C(C)(C)C. The van der Waals surface area contributed by atoms with E-state index < -0.39 is 0 Å². The molecule has 3 N–H and O–H groups in total. The molecular weight excluding hydrogens is 472 g/mol. The number of imidazole rings is 1. The lowest BCUT2D eigenvalue weighted by atomic mass is 9.84. The Morgan fingerprint density at radius 1 is 1.11 bits per heavy atom. The topological polar surface area (TPSA) is 84.4 Å². The standard InChI is InChI=1S/C32H44N4O2/c1-5-27(37)19-12-13-20-29(38)36(22-14-21-33)30(32(2,3)4)31-34-28(26-17-10-7-11-18-26)24-35(31)23-25-15-8-6-9-16-25/h6-11,13,15-18,20,24,27,30,37H,5,12,14,19,21-23,33H2,1-4H3/b20-13-/t27-,30-/m0/s1. The molecule has 0 radical (unpaired) electrons. The molecule has 6 heteroatoms. The maximum atomic E-state index is 13.7. The van der Waals surface area contributed by atoms with Gasteiger partial charge >= 0.3 is 0 Å². The molecule has 1 amide bonds. The summed E-state index contributed by atoms with van der Waals surface area (Å²) in [6, 6.07) is 20.2. The summed E-state index contributed by atoms with van der Waals surface area (Å²) >= 11 is 0. The van der Waals surface area contributed by atoms with E-state index in [1.807, 2.05) is 54.3 Å². The normalized spacial score (nSPS) is 13.5. The second kappa shape index (κ2) is 14.1. The van der Waals surface area contributed by atoms with Gasteiger partial charge in [-0.2, -0.15) is 0 Å². The summed E-state index contributed by atoms with van der Waals surface area (Å²) in [5.74, 6) is 0.806. The molecule has 204 valence electrons. The van der Waals surface area contributed by atoms with Crippen molar-refractivity contribution in [2.75, 3.05) is 13.1 Å². The Kier molecular flexibility index (Phi) is 10.9. The summed E-state index contributed by atoms with van der Waals surface area (Å²) in [6.45, 7) is 10.1. The summed E-state index contributed by atoms with van der Waals surface area (Å²) in [5.41, 5.74) is 8.72. The summed E-state index contributed by atoms with van der Waals surface area (Å²) in [6.07, 6.45) is 8.01. The van der Waals surface area contributed by atoms with Crippen LogP contribution in [0.1, 0.15) is 70.8 Å². The predicted molar refractivity (Wildman–Crippen MR) is 155 cm³/mol. The molecular formula is C32H44N4O2. The monoisotopic (exact) mass is 516 g/mol. The van der Waals surface area contributed by atoms with Gasteiger partial charge in [-0.25, -0.2) is 4.98 Å². The van der Waals surface area contributed by atoms with Gasteiger partial charge in [0, 0.05) is 24.8 Å². The Balaban J connectivity index is 2.05. The van der Waals surface area contributed by atoms with Gasteiger partial charge in [0.05, 0.1) is 17.8 Å². The van der Waals surface area contributed by atoms with Crippen molar-refractivity contribution in [2.45, 2.75) is 72.1 Å². The number of carbonyl (C=O) groups is 1. The van der Waals surface area contributed by atoms with E-state index >= 15 is 0 Å². The van der Waals surface area contributed by atoms with Crippen LogP contribution in [0, 0.1) is 5.41 Å². The van der Waals surface area contributed by atoms with Crippen LogP contribution in [0.5, 0.6) is 0 Å². The van der Waals surface area contributed by atoms with Crippen molar-refractivity contribution in [3.63, 3.8) is 0 Å². The van der Waals surface area contributed by atoms with Crippen LogP contribution in [-0.4, -0.2) is 44.7 Å². The van der Waals surface area contributed by atoms with Gasteiger partial charge in [-0.1, -0.05) is 94.4 Å². The van der Waals surface area contributed by atoms with Crippen LogP contribution in [-0.2, 0) is 11.3 Å². The number of carbonyl (C=O) groups excluding carboxylic acids is 1.